The van der Waals surface area contributed by atoms with Crippen molar-refractivity contribution >= 4 is 27.8 Å². The summed E-state index contributed by atoms with van der Waals surface area (Å²) in [7, 11) is 3.24. The molecule has 0 radical (unpaired) electrons. The molecular formula is C16H15BrN2O3. The third kappa shape index (κ3) is 3.92. The van der Waals surface area contributed by atoms with Crippen LogP contribution in [0.3, 0.4) is 0 Å². The fourth-order valence-corrected chi connectivity index (χ4v) is 2.19. The van der Waals surface area contributed by atoms with Gasteiger partial charge in [0.1, 0.15) is 0 Å². The number of carbonyl (C=O) groups is 2. The molecule has 0 bridgehead atoms. The number of carbonyl (C=O) groups excluding carboxylic acids is 2. The van der Waals surface area contributed by atoms with Gasteiger partial charge in [0.2, 0.25) is 6.10 Å². The summed E-state index contributed by atoms with van der Waals surface area (Å²) in [6.45, 7) is 0. The number of likely N-dealkylation sites (N-methyl/N-ethyl adjacent to an activating group) is 1. The first-order valence-electron chi connectivity index (χ1n) is 6.56. The van der Waals surface area contributed by atoms with Gasteiger partial charge in [-0.1, -0.05) is 30.3 Å². The third-order valence-corrected chi connectivity index (χ3v) is 3.37. The Morgan fingerprint density at radius 1 is 1.18 bits per heavy atom. The normalized spacial score (nSPS) is 11.6. The molecule has 1 aromatic carbocycles. The Morgan fingerprint density at radius 2 is 1.86 bits per heavy atom. The number of amides is 1. The number of esters is 1. The van der Waals surface area contributed by atoms with Gasteiger partial charge in [0, 0.05) is 36.5 Å². The van der Waals surface area contributed by atoms with Gasteiger partial charge in [0.15, 0.2) is 0 Å². The summed E-state index contributed by atoms with van der Waals surface area (Å²) in [5, 5.41) is 0. The second kappa shape index (κ2) is 7.17. The molecule has 2 aromatic rings. The summed E-state index contributed by atoms with van der Waals surface area (Å²) >= 11 is 3.25. The summed E-state index contributed by atoms with van der Waals surface area (Å²) < 4.78 is 6.07. The van der Waals surface area contributed by atoms with Crippen LogP contribution >= 0.6 is 15.9 Å². The SMILES string of the molecule is CN(C)C(=O)[C@H](OC(=O)c1cncc(Br)c1)c1ccccc1. The Morgan fingerprint density at radius 3 is 2.45 bits per heavy atom. The molecule has 22 heavy (non-hydrogen) atoms. The number of benzene rings is 1. The minimum Gasteiger partial charge on any atom is -0.444 e. The van der Waals surface area contributed by atoms with Crippen LogP contribution in [0.25, 0.3) is 0 Å². The predicted molar refractivity (Wildman–Crippen MR) is 85.2 cm³/mol. The van der Waals surface area contributed by atoms with E-state index < -0.39 is 12.1 Å². The van der Waals surface area contributed by atoms with Crippen molar-refractivity contribution in [1.29, 1.82) is 0 Å². The number of nitrogens with zero attached hydrogens (tertiary/aromatic N) is 2. The van der Waals surface area contributed by atoms with Crippen LogP contribution in [0.5, 0.6) is 0 Å². The van der Waals surface area contributed by atoms with Crippen LogP contribution in [0.2, 0.25) is 0 Å². The highest BCUT2D eigenvalue weighted by molar-refractivity contribution is 9.10. The molecule has 0 unspecified atom stereocenters. The van der Waals surface area contributed by atoms with Gasteiger partial charge in [0.25, 0.3) is 5.91 Å². The highest BCUT2D eigenvalue weighted by atomic mass is 79.9. The summed E-state index contributed by atoms with van der Waals surface area (Å²) in [4.78, 5) is 29.9. The smallest absolute Gasteiger partial charge is 0.340 e. The Hall–Kier alpha value is -2.21. The lowest BCUT2D eigenvalue weighted by atomic mass is 10.1. The standard InChI is InChI=1S/C16H15BrN2O3/c1-19(2)15(20)14(11-6-4-3-5-7-11)22-16(21)12-8-13(17)10-18-9-12/h3-10,14H,1-2H3/t14-/m1/s1. The molecule has 0 aliphatic carbocycles. The molecule has 1 atom stereocenters. The van der Waals surface area contributed by atoms with E-state index in [0.29, 0.717) is 10.0 Å². The van der Waals surface area contributed by atoms with E-state index in [-0.39, 0.29) is 11.5 Å². The molecule has 0 saturated carbocycles. The molecule has 0 saturated heterocycles. The zero-order chi connectivity index (χ0) is 16.1. The minimum atomic E-state index is -0.984. The first-order chi connectivity index (χ1) is 10.5. The third-order valence-electron chi connectivity index (χ3n) is 2.93. The van der Waals surface area contributed by atoms with Gasteiger partial charge in [0.05, 0.1) is 5.56 Å². The van der Waals surface area contributed by atoms with Crippen molar-refractivity contribution in [3.63, 3.8) is 0 Å². The maximum Gasteiger partial charge on any atom is 0.340 e. The maximum absolute atomic E-state index is 12.3. The number of aromatic nitrogens is 1. The van der Waals surface area contributed by atoms with Crippen LogP contribution in [-0.2, 0) is 9.53 Å². The van der Waals surface area contributed by atoms with Crippen LogP contribution in [0.1, 0.15) is 22.0 Å². The van der Waals surface area contributed by atoms with Crippen molar-refractivity contribution in [3.05, 3.63) is 64.4 Å². The first kappa shape index (κ1) is 16.2. The van der Waals surface area contributed by atoms with Crippen molar-refractivity contribution in [1.82, 2.24) is 9.88 Å². The Labute approximate surface area is 137 Å². The Bertz CT molecular complexity index is 674. The van der Waals surface area contributed by atoms with E-state index in [2.05, 4.69) is 20.9 Å². The lowest BCUT2D eigenvalue weighted by molar-refractivity contribution is -0.138. The molecule has 0 fully saturated rings. The second-order valence-electron chi connectivity index (χ2n) is 4.82. The highest BCUT2D eigenvalue weighted by Gasteiger charge is 2.27. The zero-order valence-corrected chi connectivity index (χ0v) is 13.8. The molecular weight excluding hydrogens is 348 g/mol. The number of pyridine rings is 1. The van der Waals surface area contributed by atoms with E-state index in [0.717, 1.165) is 0 Å². The predicted octanol–water partition coefficient (Wildman–Crippen LogP) is 2.83. The van der Waals surface area contributed by atoms with Crippen LogP contribution in [0.4, 0.5) is 0 Å². The molecule has 0 N–H and O–H groups in total. The fourth-order valence-electron chi connectivity index (χ4n) is 1.82. The molecule has 0 aliphatic heterocycles. The molecule has 6 heteroatoms. The van der Waals surface area contributed by atoms with Crippen LogP contribution in [0, 0.1) is 0 Å². The Balaban J connectivity index is 2.27. The van der Waals surface area contributed by atoms with Crippen molar-refractivity contribution < 1.29 is 14.3 Å². The number of halogens is 1. The van der Waals surface area contributed by atoms with Crippen LogP contribution in [0.15, 0.2) is 53.3 Å². The molecule has 0 spiro atoms. The molecule has 1 aromatic heterocycles. The summed E-state index contributed by atoms with van der Waals surface area (Å²) in [6.07, 6.45) is 1.98. The lowest BCUT2D eigenvalue weighted by Crippen LogP contribution is -2.31. The number of hydrogen-bond donors (Lipinski definition) is 0. The summed E-state index contributed by atoms with van der Waals surface area (Å²) in [5.41, 5.74) is 0.902. The van der Waals surface area contributed by atoms with Crippen molar-refractivity contribution in [2.24, 2.45) is 0 Å². The minimum absolute atomic E-state index is 0.280. The summed E-state index contributed by atoms with van der Waals surface area (Å²) in [5.74, 6) is -0.902. The average Bonchev–Trinajstić information content (AvgIpc) is 2.52. The maximum atomic E-state index is 12.3. The van der Waals surface area contributed by atoms with Crippen molar-refractivity contribution in [2.75, 3.05) is 14.1 Å². The summed E-state index contributed by atoms with van der Waals surface area (Å²) in [6, 6.07) is 10.5. The highest BCUT2D eigenvalue weighted by Crippen LogP contribution is 2.21. The van der Waals surface area contributed by atoms with Gasteiger partial charge >= 0.3 is 5.97 Å². The van der Waals surface area contributed by atoms with E-state index in [9.17, 15) is 9.59 Å². The van der Waals surface area contributed by atoms with Crippen molar-refractivity contribution in [3.8, 4) is 0 Å². The average molecular weight is 363 g/mol. The molecule has 1 amide bonds. The van der Waals surface area contributed by atoms with E-state index >= 15 is 0 Å². The van der Waals surface area contributed by atoms with Crippen LogP contribution < -0.4 is 0 Å². The number of hydrogen-bond acceptors (Lipinski definition) is 4. The van der Waals surface area contributed by atoms with E-state index in [1.807, 2.05) is 6.07 Å². The van der Waals surface area contributed by atoms with Crippen LogP contribution in [-0.4, -0.2) is 35.9 Å². The Kier molecular flexibility index (Phi) is 5.27. The van der Waals surface area contributed by atoms with Gasteiger partial charge in [-0.2, -0.15) is 0 Å². The van der Waals surface area contributed by atoms with Gasteiger partial charge in [-0.05, 0) is 22.0 Å². The largest absolute Gasteiger partial charge is 0.444 e. The monoisotopic (exact) mass is 362 g/mol. The zero-order valence-electron chi connectivity index (χ0n) is 12.2. The van der Waals surface area contributed by atoms with Gasteiger partial charge in [-0.3, -0.25) is 9.78 Å². The van der Waals surface area contributed by atoms with E-state index in [4.69, 9.17) is 4.74 Å². The number of ether oxygens (including phenoxy) is 1. The first-order valence-corrected chi connectivity index (χ1v) is 7.36. The molecule has 0 aliphatic rings. The second-order valence-corrected chi connectivity index (χ2v) is 5.74. The van der Waals surface area contributed by atoms with Gasteiger partial charge in [-0.25, -0.2) is 4.79 Å². The fraction of sp³-hybridized carbons (Fsp3) is 0.188. The quantitative estimate of drug-likeness (QED) is 0.784. The van der Waals surface area contributed by atoms with Gasteiger partial charge in [-0.15, -0.1) is 0 Å². The molecule has 2 rings (SSSR count). The van der Waals surface area contributed by atoms with E-state index in [1.165, 1.54) is 11.1 Å². The van der Waals surface area contributed by atoms with Gasteiger partial charge < -0.3 is 9.64 Å². The molecule has 5 nitrogen and oxygen atoms in total. The van der Waals surface area contributed by atoms with E-state index in [1.54, 1.807) is 50.6 Å². The molecule has 114 valence electrons. The molecule has 1 heterocycles. The number of rotatable bonds is 4. The lowest BCUT2D eigenvalue weighted by Gasteiger charge is -2.21. The van der Waals surface area contributed by atoms with Crippen molar-refractivity contribution in [2.45, 2.75) is 6.10 Å². The topological polar surface area (TPSA) is 59.5 Å².